The number of aliphatic hydroxyl groups is 1. The van der Waals surface area contributed by atoms with E-state index in [9.17, 15) is 9.90 Å². The van der Waals surface area contributed by atoms with E-state index in [2.05, 4.69) is 6.92 Å². The lowest BCUT2D eigenvalue weighted by molar-refractivity contribution is 0.279. The summed E-state index contributed by atoms with van der Waals surface area (Å²) in [6.07, 6.45) is 1.81. The lowest BCUT2D eigenvalue weighted by Gasteiger charge is -2.14. The van der Waals surface area contributed by atoms with E-state index in [0.717, 1.165) is 29.8 Å². The van der Waals surface area contributed by atoms with Gasteiger partial charge in [-0.25, -0.2) is 0 Å². The Kier molecular flexibility index (Phi) is 5.78. The number of aromatic nitrogens is 1. The molecule has 0 aliphatic rings. The van der Waals surface area contributed by atoms with Crippen LogP contribution in [-0.4, -0.2) is 16.3 Å². The Bertz CT molecular complexity index is 676. The maximum absolute atomic E-state index is 12.4. The van der Waals surface area contributed by atoms with Crippen molar-refractivity contribution in [2.75, 3.05) is 6.61 Å². The molecule has 118 valence electrons. The zero-order valence-electron chi connectivity index (χ0n) is 13.2. The van der Waals surface area contributed by atoms with Gasteiger partial charge in [0.2, 0.25) is 0 Å². The van der Waals surface area contributed by atoms with Crippen molar-refractivity contribution < 1.29 is 9.84 Å². The fraction of sp³-hybridized carbons (Fsp3) is 0.389. The van der Waals surface area contributed by atoms with Gasteiger partial charge in [-0.15, -0.1) is 0 Å². The zero-order chi connectivity index (χ0) is 15.9. The third-order valence-corrected chi connectivity index (χ3v) is 3.47. The molecule has 0 unspecified atom stereocenters. The molecule has 22 heavy (non-hydrogen) atoms. The van der Waals surface area contributed by atoms with Crippen LogP contribution in [0.15, 0.2) is 41.2 Å². The van der Waals surface area contributed by atoms with Crippen LogP contribution in [0.5, 0.6) is 5.75 Å². The normalized spacial score (nSPS) is 10.7. The Labute approximate surface area is 131 Å². The smallest absolute Gasteiger partial charge is 0.256 e. The molecule has 4 nitrogen and oxygen atoms in total. The average Bonchev–Trinajstić information content (AvgIpc) is 2.55. The summed E-state index contributed by atoms with van der Waals surface area (Å²) in [6, 6.07) is 11.4. The highest BCUT2D eigenvalue weighted by Gasteiger charge is 2.10. The number of hydrogen-bond acceptors (Lipinski definition) is 3. The van der Waals surface area contributed by atoms with Crippen molar-refractivity contribution in [3.05, 3.63) is 52.3 Å². The van der Waals surface area contributed by atoms with Gasteiger partial charge in [0, 0.05) is 17.7 Å². The fourth-order valence-electron chi connectivity index (χ4n) is 2.41. The van der Waals surface area contributed by atoms with Gasteiger partial charge in [-0.2, -0.15) is 0 Å². The lowest BCUT2D eigenvalue weighted by atomic mass is 10.1. The Balaban J connectivity index is 2.47. The van der Waals surface area contributed by atoms with Crippen molar-refractivity contribution in [1.29, 1.82) is 0 Å². The minimum Gasteiger partial charge on any atom is -0.494 e. The maximum atomic E-state index is 12.4. The number of hydrogen-bond donors (Lipinski definition) is 1. The second-order valence-corrected chi connectivity index (χ2v) is 5.24. The van der Waals surface area contributed by atoms with Crippen LogP contribution in [0, 0.1) is 0 Å². The fourth-order valence-corrected chi connectivity index (χ4v) is 2.41. The number of benzene rings is 1. The molecule has 0 aliphatic carbocycles. The van der Waals surface area contributed by atoms with Crippen LogP contribution < -0.4 is 10.3 Å². The van der Waals surface area contributed by atoms with Crippen LogP contribution >= 0.6 is 0 Å². The van der Waals surface area contributed by atoms with Crippen LogP contribution in [0.4, 0.5) is 0 Å². The van der Waals surface area contributed by atoms with Crippen molar-refractivity contribution >= 4 is 0 Å². The standard InChI is InChI=1S/C18H23NO3/c1-3-10-19-17(9-8-15(13-20)18(19)21)14-6-5-7-16(12-14)22-11-4-2/h5-9,12,20H,3-4,10-11,13H2,1-2H3. The topological polar surface area (TPSA) is 51.5 Å². The first-order chi connectivity index (χ1) is 10.7. The molecule has 4 heteroatoms. The van der Waals surface area contributed by atoms with E-state index in [-0.39, 0.29) is 12.2 Å². The first-order valence-electron chi connectivity index (χ1n) is 7.78. The number of pyridine rings is 1. The molecule has 0 atom stereocenters. The van der Waals surface area contributed by atoms with Crippen molar-refractivity contribution in [3.8, 4) is 17.0 Å². The second-order valence-electron chi connectivity index (χ2n) is 5.24. The Morgan fingerprint density at radius 2 is 1.95 bits per heavy atom. The summed E-state index contributed by atoms with van der Waals surface area (Å²) < 4.78 is 7.39. The monoisotopic (exact) mass is 301 g/mol. The van der Waals surface area contributed by atoms with Crippen molar-refractivity contribution in [3.63, 3.8) is 0 Å². The molecule has 0 saturated carbocycles. The highest BCUT2D eigenvalue weighted by Crippen LogP contribution is 2.24. The first kappa shape index (κ1) is 16.3. The SMILES string of the molecule is CCCOc1cccc(-c2ccc(CO)c(=O)n2CCC)c1. The first-order valence-corrected chi connectivity index (χ1v) is 7.78. The van der Waals surface area contributed by atoms with Crippen LogP contribution in [0.3, 0.4) is 0 Å². The van der Waals surface area contributed by atoms with E-state index >= 15 is 0 Å². The minimum atomic E-state index is -0.234. The van der Waals surface area contributed by atoms with Crippen LogP contribution in [0.1, 0.15) is 32.3 Å². The quantitative estimate of drug-likeness (QED) is 0.854. The summed E-state index contributed by atoms with van der Waals surface area (Å²) in [5.74, 6) is 0.807. The van der Waals surface area contributed by atoms with Gasteiger partial charge in [-0.3, -0.25) is 4.79 Å². The molecule has 0 saturated heterocycles. The highest BCUT2D eigenvalue weighted by molar-refractivity contribution is 5.62. The summed E-state index contributed by atoms with van der Waals surface area (Å²) in [6.45, 7) is 5.16. The van der Waals surface area contributed by atoms with Gasteiger partial charge >= 0.3 is 0 Å². The number of aliphatic hydroxyl groups excluding tert-OH is 1. The zero-order valence-corrected chi connectivity index (χ0v) is 13.2. The molecule has 0 spiro atoms. The van der Waals surface area contributed by atoms with Crippen molar-refractivity contribution in [2.24, 2.45) is 0 Å². The maximum Gasteiger partial charge on any atom is 0.256 e. The molecule has 1 N–H and O–H groups in total. The van der Waals surface area contributed by atoms with Gasteiger partial charge in [0.1, 0.15) is 5.75 Å². The van der Waals surface area contributed by atoms with Gasteiger partial charge < -0.3 is 14.4 Å². The predicted molar refractivity (Wildman–Crippen MR) is 88.1 cm³/mol. The van der Waals surface area contributed by atoms with Gasteiger partial charge in [0.15, 0.2) is 0 Å². The van der Waals surface area contributed by atoms with E-state index in [1.807, 2.05) is 37.3 Å². The molecule has 0 amide bonds. The Hall–Kier alpha value is -2.07. The van der Waals surface area contributed by atoms with Crippen molar-refractivity contribution in [1.82, 2.24) is 4.57 Å². The number of rotatable bonds is 7. The minimum absolute atomic E-state index is 0.123. The molecule has 1 heterocycles. The molecular weight excluding hydrogens is 278 g/mol. The summed E-state index contributed by atoms with van der Waals surface area (Å²) in [4.78, 5) is 12.4. The van der Waals surface area contributed by atoms with Gasteiger partial charge in [0.25, 0.3) is 5.56 Å². The molecule has 2 rings (SSSR count). The Morgan fingerprint density at radius 1 is 1.14 bits per heavy atom. The summed E-state index contributed by atoms with van der Waals surface area (Å²) in [5, 5.41) is 9.28. The second kappa shape index (κ2) is 7.80. The van der Waals surface area contributed by atoms with Crippen LogP contribution in [0.25, 0.3) is 11.3 Å². The molecule has 0 fully saturated rings. The third-order valence-electron chi connectivity index (χ3n) is 3.47. The lowest BCUT2D eigenvalue weighted by Crippen LogP contribution is -2.25. The molecule has 2 aromatic rings. The van der Waals surface area contributed by atoms with Crippen molar-refractivity contribution in [2.45, 2.75) is 39.8 Å². The Morgan fingerprint density at radius 3 is 2.64 bits per heavy atom. The van der Waals surface area contributed by atoms with E-state index in [4.69, 9.17) is 4.74 Å². The van der Waals surface area contributed by atoms with Gasteiger partial charge in [-0.05, 0) is 37.1 Å². The molecule has 0 aliphatic heterocycles. The van der Waals surface area contributed by atoms with Gasteiger partial charge in [0.05, 0.1) is 18.9 Å². The van der Waals surface area contributed by atoms with Gasteiger partial charge in [-0.1, -0.05) is 26.0 Å². The average molecular weight is 301 g/mol. The summed E-state index contributed by atoms with van der Waals surface area (Å²) in [5.41, 5.74) is 2.10. The van der Waals surface area contributed by atoms with E-state index < -0.39 is 0 Å². The van der Waals surface area contributed by atoms with Crippen LogP contribution in [-0.2, 0) is 13.2 Å². The third kappa shape index (κ3) is 3.57. The highest BCUT2D eigenvalue weighted by atomic mass is 16.5. The predicted octanol–water partition coefficient (Wildman–Crippen LogP) is 3.21. The van der Waals surface area contributed by atoms with E-state index in [1.165, 1.54) is 0 Å². The molecule has 0 bridgehead atoms. The molecule has 1 aromatic heterocycles. The molecule has 0 radical (unpaired) electrons. The van der Waals surface area contributed by atoms with Crippen LogP contribution in [0.2, 0.25) is 0 Å². The molecular formula is C18H23NO3. The largest absolute Gasteiger partial charge is 0.494 e. The molecule has 1 aromatic carbocycles. The summed E-state index contributed by atoms with van der Waals surface area (Å²) in [7, 11) is 0. The summed E-state index contributed by atoms with van der Waals surface area (Å²) >= 11 is 0. The van der Waals surface area contributed by atoms with E-state index in [1.54, 1.807) is 10.6 Å². The van der Waals surface area contributed by atoms with E-state index in [0.29, 0.717) is 18.7 Å². The number of ether oxygens (including phenoxy) is 1. The number of nitrogens with zero attached hydrogens (tertiary/aromatic N) is 1.